The van der Waals surface area contributed by atoms with Crippen molar-refractivity contribution in [3.63, 3.8) is 0 Å². The Morgan fingerprint density at radius 2 is 1.78 bits per heavy atom. The highest BCUT2D eigenvalue weighted by molar-refractivity contribution is 5.97. The van der Waals surface area contributed by atoms with Crippen LogP contribution in [-0.4, -0.2) is 28.0 Å². The van der Waals surface area contributed by atoms with Crippen LogP contribution in [0.1, 0.15) is 40.4 Å². The van der Waals surface area contributed by atoms with Crippen molar-refractivity contribution >= 4 is 11.9 Å². The Labute approximate surface area is 154 Å². The first-order valence-corrected chi connectivity index (χ1v) is 8.20. The quantitative estimate of drug-likeness (QED) is 0.457. The minimum absolute atomic E-state index is 0.0184. The number of nitrogens with two attached hydrogens (primary N) is 1. The number of hydrogen-bond acceptors (Lipinski definition) is 3. The monoisotopic (exact) mass is 380 g/mol. The van der Waals surface area contributed by atoms with Crippen molar-refractivity contribution in [3.05, 3.63) is 70.8 Å². The van der Waals surface area contributed by atoms with Gasteiger partial charge in [-0.2, -0.15) is 13.2 Å². The Balaban J connectivity index is 2.49. The molecule has 0 radical (unpaired) electrons. The van der Waals surface area contributed by atoms with Crippen LogP contribution in [0.4, 0.5) is 13.2 Å². The van der Waals surface area contributed by atoms with Crippen LogP contribution in [0.5, 0.6) is 0 Å². The SMILES string of the molecule is CCC(C(=O)O)N(N)C(=O)c1cc(C(F)(F)F)ccc1Cc1ccccc1. The van der Waals surface area contributed by atoms with Crippen LogP contribution < -0.4 is 5.84 Å². The number of rotatable bonds is 6. The van der Waals surface area contributed by atoms with Crippen LogP contribution in [0.3, 0.4) is 0 Å². The van der Waals surface area contributed by atoms with Gasteiger partial charge in [0.25, 0.3) is 5.91 Å². The zero-order valence-corrected chi connectivity index (χ0v) is 14.5. The first-order chi connectivity index (χ1) is 12.6. The largest absolute Gasteiger partial charge is 0.480 e. The Morgan fingerprint density at radius 3 is 2.30 bits per heavy atom. The van der Waals surface area contributed by atoms with E-state index in [9.17, 15) is 27.9 Å². The van der Waals surface area contributed by atoms with Gasteiger partial charge in [-0.1, -0.05) is 43.3 Å². The van der Waals surface area contributed by atoms with Gasteiger partial charge in [-0.3, -0.25) is 9.80 Å². The summed E-state index contributed by atoms with van der Waals surface area (Å²) in [5.41, 5.74) is -0.148. The maximum Gasteiger partial charge on any atom is 0.416 e. The van der Waals surface area contributed by atoms with E-state index in [1.165, 1.54) is 13.0 Å². The summed E-state index contributed by atoms with van der Waals surface area (Å²) in [6.07, 6.45) is -4.42. The summed E-state index contributed by atoms with van der Waals surface area (Å²) in [5.74, 6) is 3.35. The van der Waals surface area contributed by atoms with Crippen molar-refractivity contribution < 1.29 is 27.9 Å². The van der Waals surface area contributed by atoms with Crippen LogP contribution in [-0.2, 0) is 17.4 Å². The summed E-state index contributed by atoms with van der Waals surface area (Å²) in [7, 11) is 0. The number of benzene rings is 2. The molecule has 0 saturated heterocycles. The molecule has 0 bridgehead atoms. The number of halogens is 3. The van der Waals surface area contributed by atoms with E-state index in [1.54, 1.807) is 30.3 Å². The Kier molecular flexibility index (Phi) is 6.22. The van der Waals surface area contributed by atoms with Crippen LogP contribution in [0.15, 0.2) is 48.5 Å². The van der Waals surface area contributed by atoms with E-state index in [4.69, 9.17) is 5.84 Å². The lowest BCUT2D eigenvalue weighted by atomic mass is 9.96. The maximum atomic E-state index is 13.1. The highest BCUT2D eigenvalue weighted by Gasteiger charge is 2.33. The predicted octanol–water partition coefficient (Wildman–Crippen LogP) is 3.48. The third-order valence-corrected chi connectivity index (χ3v) is 4.15. The average Bonchev–Trinajstić information content (AvgIpc) is 2.61. The van der Waals surface area contributed by atoms with Crippen molar-refractivity contribution in [2.75, 3.05) is 0 Å². The Morgan fingerprint density at radius 1 is 1.15 bits per heavy atom. The smallest absolute Gasteiger partial charge is 0.416 e. The van der Waals surface area contributed by atoms with Gasteiger partial charge < -0.3 is 5.11 Å². The van der Waals surface area contributed by atoms with Crippen LogP contribution in [0, 0.1) is 0 Å². The van der Waals surface area contributed by atoms with Crippen LogP contribution >= 0.6 is 0 Å². The van der Waals surface area contributed by atoms with Crippen molar-refractivity contribution in [1.82, 2.24) is 5.01 Å². The van der Waals surface area contributed by atoms with Gasteiger partial charge in [-0.15, -0.1) is 0 Å². The van der Waals surface area contributed by atoms with Crippen molar-refractivity contribution in [1.29, 1.82) is 0 Å². The number of hydrazine groups is 1. The number of carboxylic acid groups (broad SMARTS) is 1. The molecule has 0 aliphatic carbocycles. The highest BCUT2D eigenvalue weighted by Crippen LogP contribution is 2.31. The lowest BCUT2D eigenvalue weighted by Gasteiger charge is -2.24. The Hall–Kier alpha value is -2.87. The van der Waals surface area contributed by atoms with E-state index in [0.29, 0.717) is 10.6 Å². The fraction of sp³-hybridized carbons (Fsp3) is 0.263. The van der Waals surface area contributed by atoms with E-state index in [0.717, 1.165) is 17.7 Å². The van der Waals surface area contributed by atoms with Gasteiger partial charge in [0.2, 0.25) is 0 Å². The molecule has 0 aromatic heterocycles. The van der Waals surface area contributed by atoms with Gasteiger partial charge in [-0.05, 0) is 36.1 Å². The van der Waals surface area contributed by atoms with E-state index in [1.807, 2.05) is 0 Å². The molecule has 144 valence electrons. The first kappa shape index (κ1) is 20.4. The van der Waals surface area contributed by atoms with Crippen molar-refractivity contribution in [2.24, 2.45) is 5.84 Å². The number of aliphatic carboxylic acids is 1. The number of alkyl halides is 3. The van der Waals surface area contributed by atoms with Crippen LogP contribution in [0.2, 0.25) is 0 Å². The van der Waals surface area contributed by atoms with E-state index in [2.05, 4.69) is 0 Å². The molecule has 0 fully saturated rings. The summed E-state index contributed by atoms with van der Waals surface area (Å²) >= 11 is 0. The molecule has 1 atom stereocenters. The molecule has 27 heavy (non-hydrogen) atoms. The van der Waals surface area contributed by atoms with Gasteiger partial charge in [0, 0.05) is 5.56 Å². The number of carboxylic acids is 1. The third-order valence-electron chi connectivity index (χ3n) is 4.15. The second-order valence-corrected chi connectivity index (χ2v) is 6.01. The molecule has 1 unspecified atom stereocenters. The zero-order valence-electron chi connectivity index (χ0n) is 14.5. The minimum Gasteiger partial charge on any atom is -0.480 e. The summed E-state index contributed by atoms with van der Waals surface area (Å²) in [6, 6.07) is 10.4. The summed E-state index contributed by atoms with van der Waals surface area (Å²) in [5, 5.41) is 9.65. The number of carbonyl (C=O) groups is 2. The number of hydrogen-bond donors (Lipinski definition) is 2. The van der Waals surface area contributed by atoms with Crippen molar-refractivity contribution in [3.8, 4) is 0 Å². The molecule has 3 N–H and O–H groups in total. The molecule has 5 nitrogen and oxygen atoms in total. The normalized spacial score (nSPS) is 12.5. The minimum atomic E-state index is -4.64. The fourth-order valence-electron chi connectivity index (χ4n) is 2.69. The van der Waals surface area contributed by atoms with E-state index >= 15 is 0 Å². The average molecular weight is 380 g/mol. The molecule has 2 aromatic carbocycles. The second kappa shape index (κ2) is 8.22. The molecule has 0 heterocycles. The Bertz CT molecular complexity index is 823. The van der Waals surface area contributed by atoms with Gasteiger partial charge in [0.1, 0.15) is 6.04 Å². The van der Waals surface area contributed by atoms with Gasteiger partial charge >= 0.3 is 12.1 Å². The summed E-state index contributed by atoms with van der Waals surface area (Å²) in [6.45, 7) is 1.52. The number of amides is 1. The van der Waals surface area contributed by atoms with Crippen molar-refractivity contribution in [2.45, 2.75) is 32.0 Å². The molecule has 2 aromatic rings. The fourth-order valence-corrected chi connectivity index (χ4v) is 2.69. The molecule has 0 aliphatic rings. The van der Waals surface area contributed by atoms with Crippen LogP contribution in [0.25, 0.3) is 0 Å². The molecule has 0 aliphatic heterocycles. The third kappa shape index (κ3) is 4.85. The van der Waals surface area contributed by atoms with Gasteiger partial charge in [0.15, 0.2) is 0 Å². The number of carbonyl (C=O) groups excluding carboxylic acids is 1. The maximum absolute atomic E-state index is 13.1. The number of nitrogens with zero attached hydrogens (tertiary/aromatic N) is 1. The highest BCUT2D eigenvalue weighted by atomic mass is 19.4. The van der Waals surface area contributed by atoms with Gasteiger partial charge in [-0.25, -0.2) is 10.6 Å². The molecule has 8 heteroatoms. The predicted molar refractivity (Wildman–Crippen MR) is 92.8 cm³/mol. The lowest BCUT2D eigenvalue weighted by Crippen LogP contribution is -2.49. The summed E-state index contributed by atoms with van der Waals surface area (Å²) in [4.78, 5) is 24.0. The topological polar surface area (TPSA) is 83.6 Å². The molecular weight excluding hydrogens is 361 g/mol. The van der Waals surface area contributed by atoms with Gasteiger partial charge in [0.05, 0.1) is 5.56 Å². The van der Waals surface area contributed by atoms with E-state index < -0.39 is 29.7 Å². The molecule has 0 spiro atoms. The standard InChI is InChI=1S/C19H19F3N2O3/c1-2-16(18(26)27)24(23)17(25)15-11-14(19(20,21)22)9-8-13(15)10-12-6-4-3-5-7-12/h3-9,11,16H,2,10,23H2,1H3,(H,26,27). The zero-order chi connectivity index (χ0) is 20.2. The van der Waals surface area contributed by atoms with E-state index in [-0.39, 0.29) is 18.4 Å². The second-order valence-electron chi connectivity index (χ2n) is 6.01. The molecular formula is C19H19F3N2O3. The summed E-state index contributed by atoms with van der Waals surface area (Å²) < 4.78 is 39.3. The molecule has 2 rings (SSSR count). The molecule has 0 saturated carbocycles. The lowest BCUT2D eigenvalue weighted by molar-refractivity contribution is -0.142. The first-order valence-electron chi connectivity index (χ1n) is 8.20. The molecule has 1 amide bonds.